The molecule has 8 nitrogen and oxygen atoms in total. The fourth-order valence-electron chi connectivity index (χ4n) is 6.35. The van der Waals surface area contributed by atoms with Crippen LogP contribution in [0.25, 0.3) is 0 Å². The van der Waals surface area contributed by atoms with Crippen LogP contribution in [0.15, 0.2) is 0 Å². The first-order valence-corrected chi connectivity index (χ1v) is 12.3. The van der Waals surface area contributed by atoms with Gasteiger partial charge in [0.05, 0.1) is 11.7 Å². The monoisotopic (exact) mass is 440 g/mol. The van der Waals surface area contributed by atoms with Gasteiger partial charge in [0.1, 0.15) is 11.7 Å². The van der Waals surface area contributed by atoms with E-state index in [2.05, 4.69) is 15.6 Å². The van der Waals surface area contributed by atoms with Crippen LogP contribution in [0.3, 0.4) is 0 Å². The van der Waals surface area contributed by atoms with Gasteiger partial charge >= 0.3 is 0 Å². The van der Waals surface area contributed by atoms with Crippen molar-refractivity contribution >= 4 is 29.3 Å². The molecule has 1 aromatic rings. The second-order valence-electron chi connectivity index (χ2n) is 10.7. The molecule has 8 heteroatoms. The first-order chi connectivity index (χ1) is 15.3. The van der Waals surface area contributed by atoms with E-state index in [1.165, 1.54) is 32.1 Å². The lowest BCUT2D eigenvalue weighted by molar-refractivity contribution is -0.137. The molecule has 5 aliphatic rings. The molecule has 1 unspecified atom stereocenters. The van der Waals surface area contributed by atoms with Crippen LogP contribution >= 0.6 is 0 Å². The first kappa shape index (κ1) is 21.5. The summed E-state index contributed by atoms with van der Waals surface area (Å²) in [5, 5.41) is 6.39. The molecule has 6 rings (SSSR count). The van der Waals surface area contributed by atoms with Crippen molar-refractivity contribution in [2.75, 3.05) is 35.7 Å². The number of nitrogens with one attached hydrogen (secondary N) is 2. The summed E-state index contributed by atoms with van der Waals surface area (Å²) in [6, 6.07) is -0.0832. The van der Waals surface area contributed by atoms with Gasteiger partial charge in [0, 0.05) is 26.6 Å². The van der Waals surface area contributed by atoms with E-state index in [4.69, 9.17) is 4.98 Å². The maximum atomic E-state index is 12.8. The molecule has 2 N–H and O–H groups in total. The Bertz CT molecular complexity index is 904. The van der Waals surface area contributed by atoms with Crippen molar-refractivity contribution in [1.82, 2.24) is 14.9 Å². The fraction of sp³-hybridized carbons (Fsp3) is 0.750. The van der Waals surface area contributed by atoms with E-state index in [1.807, 2.05) is 37.6 Å². The van der Waals surface area contributed by atoms with Gasteiger partial charge in [0.25, 0.3) is 0 Å². The summed E-state index contributed by atoms with van der Waals surface area (Å²) in [7, 11) is 1.92. The van der Waals surface area contributed by atoms with E-state index >= 15 is 0 Å². The van der Waals surface area contributed by atoms with Crippen LogP contribution < -0.4 is 15.5 Å². The third-order valence-corrected chi connectivity index (χ3v) is 8.17. The summed E-state index contributed by atoms with van der Waals surface area (Å²) in [6.07, 6.45) is 7.39. The van der Waals surface area contributed by atoms with Gasteiger partial charge in [0.15, 0.2) is 5.82 Å². The molecular formula is C24H36N6O2. The molecule has 174 valence electrons. The van der Waals surface area contributed by atoms with E-state index in [1.54, 1.807) is 0 Å². The molecule has 2 aliphatic heterocycles. The molecule has 2 bridgehead atoms. The highest BCUT2D eigenvalue weighted by molar-refractivity contribution is 6.03. The van der Waals surface area contributed by atoms with Crippen molar-refractivity contribution in [1.29, 1.82) is 0 Å². The Labute approximate surface area is 190 Å². The zero-order valence-electron chi connectivity index (χ0n) is 19.7. The minimum Gasteiger partial charge on any atom is -0.348 e. The molecular weight excluding hydrogens is 404 g/mol. The minimum absolute atomic E-state index is 0.0123. The molecule has 0 radical (unpaired) electrons. The Balaban J connectivity index is 1.19. The first-order valence-electron chi connectivity index (χ1n) is 12.3. The van der Waals surface area contributed by atoms with Gasteiger partial charge < -0.3 is 20.4 Å². The summed E-state index contributed by atoms with van der Waals surface area (Å²) >= 11 is 0. The van der Waals surface area contributed by atoms with E-state index in [0.29, 0.717) is 36.6 Å². The summed E-state index contributed by atoms with van der Waals surface area (Å²) < 4.78 is 0. The molecule has 3 aliphatic carbocycles. The molecule has 32 heavy (non-hydrogen) atoms. The highest BCUT2D eigenvalue weighted by Gasteiger charge is 2.39. The van der Waals surface area contributed by atoms with Crippen molar-refractivity contribution in [3.8, 4) is 0 Å². The van der Waals surface area contributed by atoms with E-state index in [9.17, 15) is 9.59 Å². The van der Waals surface area contributed by atoms with Gasteiger partial charge in [-0.05, 0) is 49.9 Å². The summed E-state index contributed by atoms with van der Waals surface area (Å²) in [6.45, 7) is 7.39. The Hall–Kier alpha value is -2.38. The Kier molecular flexibility index (Phi) is 5.50. The fourth-order valence-corrected chi connectivity index (χ4v) is 6.35. The zero-order valence-corrected chi connectivity index (χ0v) is 19.7. The molecule has 3 heterocycles. The Morgan fingerprint density at radius 2 is 1.91 bits per heavy atom. The number of aromatic nitrogens is 2. The van der Waals surface area contributed by atoms with Crippen molar-refractivity contribution in [3.05, 3.63) is 5.69 Å². The van der Waals surface area contributed by atoms with Crippen LogP contribution in [0.5, 0.6) is 0 Å². The van der Waals surface area contributed by atoms with Crippen LogP contribution in [0.4, 0.5) is 17.5 Å². The minimum atomic E-state index is -0.253. The van der Waals surface area contributed by atoms with Crippen molar-refractivity contribution in [2.45, 2.75) is 71.4 Å². The molecule has 1 aromatic heterocycles. The summed E-state index contributed by atoms with van der Waals surface area (Å²) in [5.74, 6) is 4.03. The number of nitrogens with zero attached hydrogens (tertiary/aromatic N) is 4. The number of anilines is 3. The van der Waals surface area contributed by atoms with Crippen molar-refractivity contribution in [3.63, 3.8) is 0 Å². The predicted octanol–water partition coefficient (Wildman–Crippen LogP) is 3.04. The molecule has 1 saturated heterocycles. The second kappa shape index (κ2) is 8.19. The SMILES string of the molecule is Cc1nc(NC2CN(C(=O)CC3CC4CCC3CC4)C2)nc2c1NC(=O)[C@H](C(C)C)N2C. The van der Waals surface area contributed by atoms with Gasteiger partial charge in [-0.15, -0.1) is 0 Å². The van der Waals surface area contributed by atoms with Crippen molar-refractivity contribution < 1.29 is 9.59 Å². The lowest BCUT2D eigenvalue weighted by atomic mass is 9.64. The van der Waals surface area contributed by atoms with Crippen molar-refractivity contribution in [2.24, 2.45) is 23.7 Å². The second-order valence-corrected chi connectivity index (χ2v) is 10.7. The quantitative estimate of drug-likeness (QED) is 0.731. The molecule has 2 amide bonds. The molecule has 2 atom stereocenters. The van der Waals surface area contributed by atoms with Gasteiger partial charge in [-0.2, -0.15) is 4.98 Å². The number of aryl methyl sites for hydroxylation is 1. The third kappa shape index (κ3) is 3.82. The zero-order chi connectivity index (χ0) is 22.6. The molecule has 0 spiro atoms. The maximum Gasteiger partial charge on any atom is 0.247 e. The van der Waals surface area contributed by atoms with E-state index < -0.39 is 0 Å². The third-order valence-electron chi connectivity index (χ3n) is 8.17. The number of rotatable bonds is 5. The molecule has 0 aromatic carbocycles. The maximum absolute atomic E-state index is 12.8. The summed E-state index contributed by atoms with van der Waals surface area (Å²) in [5.41, 5.74) is 1.44. The van der Waals surface area contributed by atoms with Crippen LogP contribution in [0, 0.1) is 30.6 Å². The number of hydrogen-bond donors (Lipinski definition) is 2. The van der Waals surface area contributed by atoms with E-state index in [-0.39, 0.29) is 23.9 Å². The van der Waals surface area contributed by atoms with Gasteiger partial charge in [-0.1, -0.05) is 26.7 Å². The van der Waals surface area contributed by atoms with Crippen LogP contribution in [0.1, 0.15) is 58.1 Å². The van der Waals surface area contributed by atoms with Gasteiger partial charge in [0.2, 0.25) is 17.8 Å². The highest BCUT2D eigenvalue weighted by Crippen LogP contribution is 2.46. The predicted molar refractivity (Wildman–Crippen MR) is 125 cm³/mol. The average molecular weight is 441 g/mol. The van der Waals surface area contributed by atoms with Gasteiger partial charge in [-0.25, -0.2) is 4.98 Å². The Morgan fingerprint density at radius 1 is 1.19 bits per heavy atom. The number of fused-ring (bicyclic) bond motifs is 4. The van der Waals surface area contributed by atoms with Crippen LogP contribution in [-0.2, 0) is 9.59 Å². The van der Waals surface area contributed by atoms with E-state index in [0.717, 1.165) is 29.8 Å². The number of carbonyl (C=O) groups is 2. The molecule has 3 saturated carbocycles. The number of hydrogen-bond acceptors (Lipinski definition) is 6. The lowest BCUT2D eigenvalue weighted by Gasteiger charge is -2.44. The number of likely N-dealkylation sites (N-methyl/N-ethyl adjacent to an activating group) is 1. The smallest absolute Gasteiger partial charge is 0.247 e. The average Bonchev–Trinajstić information content (AvgIpc) is 2.72. The summed E-state index contributed by atoms with van der Waals surface area (Å²) in [4.78, 5) is 38.5. The van der Waals surface area contributed by atoms with Gasteiger partial charge in [-0.3, -0.25) is 9.59 Å². The van der Waals surface area contributed by atoms with Crippen LogP contribution in [-0.4, -0.2) is 58.9 Å². The topological polar surface area (TPSA) is 90.5 Å². The molecule has 4 fully saturated rings. The largest absolute Gasteiger partial charge is 0.348 e. The van der Waals surface area contributed by atoms with Crippen LogP contribution in [0.2, 0.25) is 0 Å². The number of carbonyl (C=O) groups excluding carboxylic acids is 2. The number of likely N-dealkylation sites (tertiary alicyclic amines) is 1. The number of amides is 2. The standard InChI is InChI=1S/C24H36N6O2/c1-13(2)21-23(32)27-20-14(3)25-24(28-22(20)29(21)4)26-18-11-30(12-18)19(31)10-17-9-15-5-7-16(17)8-6-15/h13,15-18,21H,5-12H2,1-4H3,(H,27,32)(H,25,26,28)/t15?,16?,17?,21-/m0/s1. The lowest BCUT2D eigenvalue weighted by Crippen LogP contribution is -2.57. The highest BCUT2D eigenvalue weighted by atomic mass is 16.2. The Morgan fingerprint density at radius 3 is 2.53 bits per heavy atom. The normalized spacial score (nSPS) is 29.6.